The summed E-state index contributed by atoms with van der Waals surface area (Å²) in [5.74, 6) is -0.558. The first-order chi connectivity index (χ1) is 13.8. The van der Waals surface area contributed by atoms with E-state index in [1.54, 1.807) is 37.3 Å². The van der Waals surface area contributed by atoms with Crippen molar-refractivity contribution in [3.63, 3.8) is 0 Å². The minimum Gasteiger partial charge on any atom is -0.351 e. The van der Waals surface area contributed by atoms with Crippen molar-refractivity contribution in [3.05, 3.63) is 65.0 Å². The lowest BCUT2D eigenvalue weighted by Gasteiger charge is -2.33. The fraction of sp³-hybridized carbons (Fsp3) is 0.381. The van der Waals surface area contributed by atoms with Crippen molar-refractivity contribution in [2.45, 2.75) is 25.3 Å². The molecular weight excluding hydrogens is 393 g/mol. The highest BCUT2D eigenvalue weighted by Gasteiger charge is 2.30. The van der Waals surface area contributed by atoms with E-state index in [-0.39, 0.29) is 24.8 Å². The van der Waals surface area contributed by atoms with Crippen LogP contribution in [0, 0.1) is 19.7 Å². The summed E-state index contributed by atoms with van der Waals surface area (Å²) in [6.45, 7) is 5.62. The summed E-state index contributed by atoms with van der Waals surface area (Å²) in [5, 5.41) is 2.71. The van der Waals surface area contributed by atoms with E-state index >= 15 is 0 Å². The van der Waals surface area contributed by atoms with Gasteiger partial charge in [0.1, 0.15) is 5.82 Å². The third-order valence-corrected chi connectivity index (χ3v) is 7.14. The molecule has 29 heavy (non-hydrogen) atoms. The Morgan fingerprint density at radius 1 is 1.07 bits per heavy atom. The summed E-state index contributed by atoms with van der Waals surface area (Å²) in [5.41, 5.74) is 2.19. The Balaban J connectivity index is 1.52. The van der Waals surface area contributed by atoms with E-state index in [0.717, 1.165) is 11.1 Å². The Morgan fingerprint density at radius 2 is 1.76 bits per heavy atom. The average molecular weight is 420 g/mol. The molecular formula is C21H26FN3O3S. The molecule has 1 aliphatic heterocycles. The largest absolute Gasteiger partial charge is 0.351 e. The van der Waals surface area contributed by atoms with Gasteiger partial charge < -0.3 is 5.32 Å². The molecule has 0 atom stereocenters. The average Bonchev–Trinajstić information content (AvgIpc) is 2.67. The lowest BCUT2D eigenvalue weighted by molar-refractivity contribution is -0.122. The molecule has 0 aliphatic carbocycles. The summed E-state index contributed by atoms with van der Waals surface area (Å²) in [6, 6.07) is 11.6. The fourth-order valence-electron chi connectivity index (χ4n) is 3.45. The van der Waals surface area contributed by atoms with Crippen LogP contribution in [0.1, 0.15) is 16.7 Å². The third-order valence-electron chi connectivity index (χ3n) is 5.08. The summed E-state index contributed by atoms with van der Waals surface area (Å²) < 4.78 is 41.0. The van der Waals surface area contributed by atoms with Crippen LogP contribution < -0.4 is 5.32 Å². The molecule has 0 unspecified atom stereocenters. The second-order valence-corrected chi connectivity index (χ2v) is 9.22. The van der Waals surface area contributed by atoms with Crippen molar-refractivity contribution in [2.24, 2.45) is 0 Å². The van der Waals surface area contributed by atoms with Gasteiger partial charge in [-0.25, -0.2) is 12.8 Å². The Morgan fingerprint density at radius 3 is 2.41 bits per heavy atom. The summed E-state index contributed by atoms with van der Waals surface area (Å²) in [7, 11) is -3.55. The number of halogens is 1. The van der Waals surface area contributed by atoms with Crippen LogP contribution in [0.5, 0.6) is 0 Å². The summed E-state index contributed by atoms with van der Waals surface area (Å²) in [4.78, 5) is 14.4. The molecule has 1 heterocycles. The van der Waals surface area contributed by atoms with Crippen molar-refractivity contribution >= 4 is 15.9 Å². The van der Waals surface area contributed by atoms with E-state index < -0.39 is 10.0 Å². The second kappa shape index (κ2) is 9.02. The minimum atomic E-state index is -3.55. The van der Waals surface area contributed by atoms with E-state index in [4.69, 9.17) is 0 Å². The molecule has 6 nitrogen and oxygen atoms in total. The molecule has 2 aromatic rings. The number of hydrogen-bond acceptors (Lipinski definition) is 4. The highest BCUT2D eigenvalue weighted by atomic mass is 32.2. The van der Waals surface area contributed by atoms with Gasteiger partial charge in [-0.15, -0.1) is 0 Å². The highest BCUT2D eigenvalue weighted by molar-refractivity contribution is 7.89. The van der Waals surface area contributed by atoms with Crippen molar-refractivity contribution in [1.29, 1.82) is 0 Å². The number of rotatable bonds is 6. The number of hydrogen-bond donors (Lipinski definition) is 1. The van der Waals surface area contributed by atoms with Crippen LogP contribution >= 0.6 is 0 Å². The SMILES string of the molecule is Cc1ccc(S(=O)(=O)N2CCN(CC(=O)NCc3ccccc3F)CC2)c(C)c1. The number of nitrogens with zero attached hydrogens (tertiary/aromatic N) is 2. The molecule has 8 heteroatoms. The lowest BCUT2D eigenvalue weighted by Crippen LogP contribution is -2.51. The molecule has 0 saturated carbocycles. The van der Waals surface area contributed by atoms with Crippen LogP contribution in [0.4, 0.5) is 4.39 Å². The summed E-state index contributed by atoms with van der Waals surface area (Å²) in [6.07, 6.45) is 0. The number of piperazine rings is 1. The Labute approximate surface area is 171 Å². The van der Waals surface area contributed by atoms with Crippen LogP contribution in [-0.4, -0.2) is 56.3 Å². The maximum Gasteiger partial charge on any atom is 0.243 e. The molecule has 3 rings (SSSR count). The Bertz CT molecular complexity index is 986. The van der Waals surface area contributed by atoms with E-state index in [1.807, 2.05) is 17.9 Å². The van der Waals surface area contributed by atoms with E-state index in [1.165, 1.54) is 10.4 Å². The predicted molar refractivity (Wildman–Crippen MR) is 109 cm³/mol. The molecule has 1 saturated heterocycles. The maximum atomic E-state index is 13.6. The standard InChI is InChI=1S/C21H26FN3O3S/c1-16-7-8-20(17(2)13-16)29(27,28)25-11-9-24(10-12-25)15-21(26)23-14-18-5-3-4-6-19(18)22/h3-8,13H,9-12,14-15H2,1-2H3,(H,23,26). The first-order valence-corrected chi connectivity index (χ1v) is 11.0. The number of carbonyl (C=O) groups is 1. The predicted octanol–water partition coefficient (Wildman–Crippen LogP) is 2.07. The van der Waals surface area contributed by atoms with Crippen molar-refractivity contribution in [2.75, 3.05) is 32.7 Å². The van der Waals surface area contributed by atoms with Gasteiger partial charge in [0.2, 0.25) is 15.9 Å². The van der Waals surface area contributed by atoms with Gasteiger partial charge in [0, 0.05) is 38.3 Å². The maximum absolute atomic E-state index is 13.6. The van der Waals surface area contributed by atoms with E-state index in [9.17, 15) is 17.6 Å². The van der Waals surface area contributed by atoms with Crippen LogP contribution in [0.15, 0.2) is 47.4 Å². The zero-order valence-corrected chi connectivity index (χ0v) is 17.5. The molecule has 0 bridgehead atoms. The molecule has 2 aromatic carbocycles. The monoisotopic (exact) mass is 419 g/mol. The lowest BCUT2D eigenvalue weighted by atomic mass is 10.2. The number of carbonyl (C=O) groups excluding carboxylic acids is 1. The molecule has 0 aromatic heterocycles. The Hall–Kier alpha value is -2.29. The Kier molecular flexibility index (Phi) is 6.66. The first-order valence-electron chi connectivity index (χ1n) is 9.57. The van der Waals surface area contributed by atoms with Gasteiger partial charge >= 0.3 is 0 Å². The molecule has 1 aliphatic rings. The third kappa shape index (κ3) is 5.20. The minimum absolute atomic E-state index is 0.131. The second-order valence-electron chi connectivity index (χ2n) is 7.32. The number of amides is 1. The smallest absolute Gasteiger partial charge is 0.243 e. The van der Waals surface area contributed by atoms with Crippen LogP contribution in [-0.2, 0) is 21.4 Å². The van der Waals surface area contributed by atoms with Crippen molar-refractivity contribution in [1.82, 2.24) is 14.5 Å². The van der Waals surface area contributed by atoms with Gasteiger partial charge in [-0.05, 0) is 31.5 Å². The number of aryl methyl sites for hydroxylation is 2. The molecule has 0 spiro atoms. The van der Waals surface area contributed by atoms with Crippen molar-refractivity contribution in [3.8, 4) is 0 Å². The van der Waals surface area contributed by atoms with Gasteiger partial charge in [0.05, 0.1) is 11.4 Å². The zero-order valence-electron chi connectivity index (χ0n) is 16.7. The quantitative estimate of drug-likeness (QED) is 0.778. The molecule has 156 valence electrons. The summed E-state index contributed by atoms with van der Waals surface area (Å²) >= 11 is 0. The van der Waals surface area contributed by atoms with Gasteiger partial charge in [0.15, 0.2) is 0 Å². The van der Waals surface area contributed by atoms with E-state index in [0.29, 0.717) is 36.6 Å². The van der Waals surface area contributed by atoms with Gasteiger partial charge in [0.25, 0.3) is 0 Å². The van der Waals surface area contributed by atoms with Crippen molar-refractivity contribution < 1.29 is 17.6 Å². The molecule has 1 N–H and O–H groups in total. The fourth-order valence-corrected chi connectivity index (χ4v) is 5.08. The van der Waals surface area contributed by atoms with Gasteiger partial charge in [-0.3, -0.25) is 9.69 Å². The topological polar surface area (TPSA) is 69.7 Å². The van der Waals surface area contributed by atoms with Crippen LogP contribution in [0.2, 0.25) is 0 Å². The van der Waals surface area contributed by atoms with Gasteiger partial charge in [-0.1, -0.05) is 35.9 Å². The molecule has 1 fully saturated rings. The first kappa shape index (κ1) is 21.4. The van der Waals surface area contributed by atoms with Crippen LogP contribution in [0.3, 0.4) is 0 Å². The zero-order chi connectivity index (χ0) is 21.0. The number of sulfonamides is 1. The highest BCUT2D eigenvalue weighted by Crippen LogP contribution is 2.22. The molecule has 0 radical (unpaired) electrons. The van der Waals surface area contributed by atoms with E-state index in [2.05, 4.69) is 5.32 Å². The normalized spacial score (nSPS) is 16.0. The number of nitrogens with one attached hydrogen (secondary N) is 1. The van der Waals surface area contributed by atoms with Crippen LogP contribution in [0.25, 0.3) is 0 Å². The molecule has 1 amide bonds. The van der Waals surface area contributed by atoms with Gasteiger partial charge in [-0.2, -0.15) is 4.31 Å². The number of benzene rings is 2.